The Morgan fingerprint density at radius 2 is 2.00 bits per heavy atom. The molecule has 1 fully saturated rings. The van der Waals surface area contributed by atoms with Gasteiger partial charge in [0.15, 0.2) is 0 Å². The highest BCUT2D eigenvalue weighted by atomic mass is 32.2. The van der Waals surface area contributed by atoms with Gasteiger partial charge >= 0.3 is 0 Å². The van der Waals surface area contributed by atoms with E-state index in [1.165, 1.54) is 0 Å². The van der Waals surface area contributed by atoms with E-state index in [0.29, 0.717) is 23.3 Å². The molecule has 0 aromatic heterocycles. The summed E-state index contributed by atoms with van der Waals surface area (Å²) in [5.41, 5.74) is 7.20. The Morgan fingerprint density at radius 3 is 2.55 bits per heavy atom. The van der Waals surface area contributed by atoms with E-state index in [1.807, 2.05) is 19.1 Å². The monoisotopic (exact) mass is 296 g/mol. The average Bonchev–Trinajstić information content (AvgIpc) is 2.70. The van der Waals surface area contributed by atoms with E-state index >= 15 is 0 Å². The fraction of sp³-hybridized carbons (Fsp3) is 0.600. The summed E-state index contributed by atoms with van der Waals surface area (Å²) in [6.07, 6.45) is 1.99. The Balaban J connectivity index is 2.27. The van der Waals surface area contributed by atoms with Crippen molar-refractivity contribution >= 4 is 10.0 Å². The Bertz CT molecular complexity index is 584. The molecule has 3 atom stereocenters. The van der Waals surface area contributed by atoms with Gasteiger partial charge in [-0.25, -0.2) is 13.1 Å². The minimum absolute atomic E-state index is 0.0379. The molecule has 1 aromatic rings. The Kier molecular flexibility index (Phi) is 4.52. The standard InChI is InChI=1S/C15H24N2O2S/c1-10-5-7-14(12(10)3)17-20(18,19)15-8-13(9-16)6-4-11(15)2/h4,6,8,10,12,14,17H,5,7,9,16H2,1-3H3. The van der Waals surface area contributed by atoms with Crippen molar-refractivity contribution in [3.8, 4) is 0 Å². The Labute approximate surface area is 121 Å². The first-order chi connectivity index (χ1) is 9.35. The molecule has 0 aliphatic heterocycles. The van der Waals surface area contributed by atoms with Crippen molar-refractivity contribution in [2.24, 2.45) is 17.6 Å². The second kappa shape index (κ2) is 5.84. The fourth-order valence-corrected chi connectivity index (χ4v) is 4.51. The van der Waals surface area contributed by atoms with Crippen LogP contribution in [0.5, 0.6) is 0 Å². The smallest absolute Gasteiger partial charge is 0.241 e. The van der Waals surface area contributed by atoms with Crippen LogP contribution in [0.3, 0.4) is 0 Å². The number of sulfonamides is 1. The van der Waals surface area contributed by atoms with Gasteiger partial charge in [0.2, 0.25) is 10.0 Å². The van der Waals surface area contributed by atoms with E-state index in [1.54, 1.807) is 6.07 Å². The number of nitrogens with one attached hydrogen (secondary N) is 1. The van der Waals surface area contributed by atoms with Gasteiger partial charge in [-0.2, -0.15) is 0 Å². The summed E-state index contributed by atoms with van der Waals surface area (Å²) < 4.78 is 28.0. The van der Waals surface area contributed by atoms with Crippen molar-refractivity contribution in [2.45, 2.75) is 51.1 Å². The highest BCUT2D eigenvalue weighted by molar-refractivity contribution is 7.89. The van der Waals surface area contributed by atoms with Crippen LogP contribution < -0.4 is 10.5 Å². The van der Waals surface area contributed by atoms with Crippen molar-refractivity contribution in [3.05, 3.63) is 29.3 Å². The molecule has 1 aliphatic carbocycles. The molecule has 0 spiro atoms. The minimum Gasteiger partial charge on any atom is -0.326 e. The zero-order valence-corrected chi connectivity index (χ0v) is 13.2. The van der Waals surface area contributed by atoms with Crippen LogP contribution in [0.4, 0.5) is 0 Å². The van der Waals surface area contributed by atoms with E-state index in [-0.39, 0.29) is 6.04 Å². The lowest BCUT2D eigenvalue weighted by Gasteiger charge is -2.20. The van der Waals surface area contributed by atoms with E-state index < -0.39 is 10.0 Å². The molecule has 1 saturated carbocycles. The molecule has 4 nitrogen and oxygen atoms in total. The normalized spacial score (nSPS) is 26.9. The molecule has 2 rings (SSSR count). The van der Waals surface area contributed by atoms with Crippen LogP contribution in [0.1, 0.15) is 37.8 Å². The van der Waals surface area contributed by atoms with Crippen molar-refractivity contribution in [1.29, 1.82) is 0 Å². The third-order valence-electron chi connectivity index (χ3n) is 4.55. The molecule has 0 bridgehead atoms. The van der Waals surface area contributed by atoms with Crippen molar-refractivity contribution in [1.82, 2.24) is 4.72 Å². The SMILES string of the molecule is Cc1ccc(CN)cc1S(=O)(=O)NC1CCC(C)C1C. The molecule has 1 aliphatic rings. The molecule has 3 unspecified atom stereocenters. The molecule has 5 heteroatoms. The summed E-state index contributed by atoms with van der Waals surface area (Å²) in [4.78, 5) is 0.354. The van der Waals surface area contributed by atoms with Crippen molar-refractivity contribution in [3.63, 3.8) is 0 Å². The second-order valence-corrected chi connectivity index (χ2v) is 7.63. The van der Waals surface area contributed by atoms with E-state index in [0.717, 1.165) is 24.0 Å². The molecule has 0 radical (unpaired) electrons. The first kappa shape index (κ1) is 15.5. The van der Waals surface area contributed by atoms with Crippen LogP contribution in [0.15, 0.2) is 23.1 Å². The van der Waals surface area contributed by atoms with Gasteiger partial charge in [-0.15, -0.1) is 0 Å². The van der Waals surface area contributed by atoms with E-state index in [4.69, 9.17) is 5.73 Å². The molecular formula is C15H24N2O2S. The number of aryl methyl sites for hydroxylation is 1. The van der Waals surface area contributed by atoms with Gasteiger partial charge in [-0.1, -0.05) is 26.0 Å². The lowest BCUT2D eigenvalue weighted by molar-refractivity contribution is 0.402. The number of nitrogens with two attached hydrogens (primary N) is 1. The molecule has 3 N–H and O–H groups in total. The first-order valence-corrected chi connectivity index (χ1v) is 8.65. The fourth-order valence-electron chi connectivity index (χ4n) is 2.85. The lowest BCUT2D eigenvalue weighted by atomic mass is 9.98. The predicted octanol–water partition coefficient (Wildman–Crippen LogP) is 2.17. The summed E-state index contributed by atoms with van der Waals surface area (Å²) in [5.74, 6) is 0.946. The van der Waals surface area contributed by atoms with Gasteiger partial charge in [0.1, 0.15) is 0 Å². The molecule has 1 aromatic carbocycles. The predicted molar refractivity (Wildman–Crippen MR) is 80.7 cm³/mol. The molecular weight excluding hydrogens is 272 g/mol. The van der Waals surface area contributed by atoms with Crippen LogP contribution in [-0.4, -0.2) is 14.5 Å². The summed E-state index contributed by atoms with van der Waals surface area (Å²) in [6, 6.07) is 5.41. The average molecular weight is 296 g/mol. The van der Waals surface area contributed by atoms with Gasteiger partial charge in [0.05, 0.1) is 4.90 Å². The minimum atomic E-state index is -3.47. The third kappa shape index (κ3) is 3.05. The van der Waals surface area contributed by atoms with Crippen molar-refractivity contribution in [2.75, 3.05) is 0 Å². The van der Waals surface area contributed by atoms with Crippen LogP contribution in [0.2, 0.25) is 0 Å². The second-order valence-electron chi connectivity index (χ2n) is 5.95. The van der Waals surface area contributed by atoms with Crippen LogP contribution in [0, 0.1) is 18.8 Å². The van der Waals surface area contributed by atoms with Gasteiger partial charge in [0.25, 0.3) is 0 Å². The van der Waals surface area contributed by atoms with Gasteiger partial charge in [-0.3, -0.25) is 0 Å². The maximum atomic E-state index is 12.6. The number of rotatable bonds is 4. The van der Waals surface area contributed by atoms with E-state index in [2.05, 4.69) is 18.6 Å². The molecule has 20 heavy (non-hydrogen) atoms. The molecule has 0 saturated heterocycles. The van der Waals surface area contributed by atoms with Crippen LogP contribution >= 0.6 is 0 Å². The highest BCUT2D eigenvalue weighted by Gasteiger charge is 2.33. The lowest BCUT2D eigenvalue weighted by Crippen LogP contribution is -2.37. The Hall–Kier alpha value is -0.910. The zero-order valence-electron chi connectivity index (χ0n) is 12.4. The summed E-state index contributed by atoms with van der Waals surface area (Å²) in [6.45, 7) is 6.46. The number of hydrogen-bond acceptors (Lipinski definition) is 3. The quantitative estimate of drug-likeness (QED) is 0.894. The molecule has 0 heterocycles. The van der Waals surface area contributed by atoms with Crippen molar-refractivity contribution < 1.29 is 8.42 Å². The third-order valence-corrected chi connectivity index (χ3v) is 6.18. The zero-order chi connectivity index (χ0) is 14.9. The highest BCUT2D eigenvalue weighted by Crippen LogP contribution is 2.32. The maximum Gasteiger partial charge on any atom is 0.241 e. The largest absolute Gasteiger partial charge is 0.326 e. The van der Waals surface area contributed by atoms with Crippen LogP contribution in [0.25, 0.3) is 0 Å². The summed E-state index contributed by atoms with van der Waals surface area (Å²) in [7, 11) is -3.47. The molecule has 112 valence electrons. The van der Waals surface area contributed by atoms with Gasteiger partial charge < -0.3 is 5.73 Å². The molecule has 0 amide bonds. The summed E-state index contributed by atoms with van der Waals surface area (Å²) in [5, 5.41) is 0. The first-order valence-electron chi connectivity index (χ1n) is 7.17. The van der Waals surface area contributed by atoms with Crippen LogP contribution in [-0.2, 0) is 16.6 Å². The number of benzene rings is 1. The number of hydrogen-bond donors (Lipinski definition) is 2. The Morgan fingerprint density at radius 1 is 1.30 bits per heavy atom. The van der Waals surface area contributed by atoms with Gasteiger partial charge in [0, 0.05) is 12.6 Å². The maximum absolute atomic E-state index is 12.6. The summed E-state index contributed by atoms with van der Waals surface area (Å²) >= 11 is 0. The topological polar surface area (TPSA) is 72.2 Å². The van der Waals surface area contributed by atoms with E-state index in [9.17, 15) is 8.42 Å². The van der Waals surface area contributed by atoms with Gasteiger partial charge in [-0.05, 0) is 48.8 Å².